The van der Waals surface area contributed by atoms with Crippen molar-refractivity contribution >= 4 is 34.8 Å². The molecule has 3 nitrogen and oxygen atoms in total. The van der Waals surface area contributed by atoms with Gasteiger partial charge in [-0.25, -0.2) is 0 Å². The molecule has 1 aliphatic heterocycles. The molecule has 1 aliphatic rings. The zero-order chi connectivity index (χ0) is 14.9. The van der Waals surface area contributed by atoms with E-state index < -0.39 is 0 Å². The predicted molar refractivity (Wildman–Crippen MR) is 84.6 cm³/mol. The van der Waals surface area contributed by atoms with Gasteiger partial charge in [-0.2, -0.15) is 0 Å². The van der Waals surface area contributed by atoms with Gasteiger partial charge < -0.3 is 10.6 Å². The van der Waals surface area contributed by atoms with Crippen LogP contribution >= 0.6 is 23.2 Å². The smallest absolute Gasteiger partial charge is 0.242 e. The van der Waals surface area contributed by atoms with Crippen LogP contribution in [0.2, 0.25) is 10.0 Å². The van der Waals surface area contributed by atoms with E-state index in [-0.39, 0.29) is 17.4 Å². The Kier molecular flexibility index (Phi) is 4.62. The van der Waals surface area contributed by atoms with Gasteiger partial charge in [-0.15, -0.1) is 0 Å². The first-order valence-electron chi connectivity index (χ1n) is 6.81. The maximum atomic E-state index is 12.5. The molecule has 0 saturated carbocycles. The van der Waals surface area contributed by atoms with Crippen molar-refractivity contribution in [2.75, 3.05) is 11.9 Å². The average molecular weight is 315 g/mol. The van der Waals surface area contributed by atoms with Crippen LogP contribution in [0.3, 0.4) is 0 Å². The SMILES string of the molecule is Cc1cc(Cl)c(NC(=O)C2NCCCC2(C)C)cc1Cl. The summed E-state index contributed by atoms with van der Waals surface area (Å²) in [6.45, 7) is 6.95. The number of amides is 1. The fourth-order valence-electron chi connectivity index (χ4n) is 2.61. The molecule has 0 aliphatic carbocycles. The van der Waals surface area contributed by atoms with Gasteiger partial charge in [0.1, 0.15) is 0 Å². The number of halogens is 2. The lowest BCUT2D eigenvalue weighted by Gasteiger charge is -2.38. The van der Waals surface area contributed by atoms with Crippen molar-refractivity contribution in [1.29, 1.82) is 0 Å². The van der Waals surface area contributed by atoms with Gasteiger partial charge in [0, 0.05) is 5.02 Å². The number of aryl methyl sites for hydroxylation is 1. The summed E-state index contributed by atoms with van der Waals surface area (Å²) in [5.41, 5.74) is 1.39. The van der Waals surface area contributed by atoms with Crippen molar-refractivity contribution < 1.29 is 4.79 Å². The Labute approximate surface area is 130 Å². The van der Waals surface area contributed by atoms with Crippen LogP contribution in [-0.4, -0.2) is 18.5 Å². The van der Waals surface area contributed by atoms with E-state index in [0.29, 0.717) is 15.7 Å². The zero-order valence-electron chi connectivity index (χ0n) is 12.0. The van der Waals surface area contributed by atoms with Crippen molar-refractivity contribution in [2.24, 2.45) is 5.41 Å². The van der Waals surface area contributed by atoms with Gasteiger partial charge >= 0.3 is 0 Å². The lowest BCUT2D eigenvalue weighted by molar-refractivity contribution is -0.121. The highest BCUT2D eigenvalue weighted by Gasteiger charge is 2.37. The highest BCUT2D eigenvalue weighted by atomic mass is 35.5. The Morgan fingerprint density at radius 3 is 2.70 bits per heavy atom. The van der Waals surface area contributed by atoms with Crippen LogP contribution in [0.1, 0.15) is 32.3 Å². The van der Waals surface area contributed by atoms with E-state index in [2.05, 4.69) is 24.5 Å². The van der Waals surface area contributed by atoms with E-state index in [0.717, 1.165) is 24.9 Å². The lowest BCUT2D eigenvalue weighted by Crippen LogP contribution is -2.53. The summed E-state index contributed by atoms with van der Waals surface area (Å²) in [5, 5.41) is 7.28. The molecule has 0 spiro atoms. The molecule has 1 aromatic rings. The standard InChI is InChI=1S/C15H20Cl2N2O/c1-9-7-11(17)12(8-10(9)16)19-14(20)13-15(2,3)5-4-6-18-13/h7-8,13,18H,4-6H2,1-3H3,(H,19,20). The summed E-state index contributed by atoms with van der Waals surface area (Å²) in [7, 11) is 0. The number of benzene rings is 1. The van der Waals surface area contributed by atoms with E-state index >= 15 is 0 Å². The second-order valence-electron chi connectivity index (χ2n) is 6.05. The maximum Gasteiger partial charge on any atom is 0.242 e. The Hall–Kier alpha value is -0.770. The molecule has 1 atom stereocenters. The van der Waals surface area contributed by atoms with Crippen LogP contribution in [0.4, 0.5) is 5.69 Å². The molecule has 1 amide bonds. The van der Waals surface area contributed by atoms with Crippen molar-refractivity contribution in [1.82, 2.24) is 5.32 Å². The van der Waals surface area contributed by atoms with E-state index in [9.17, 15) is 4.79 Å². The molecule has 110 valence electrons. The number of rotatable bonds is 2. The van der Waals surface area contributed by atoms with E-state index in [1.165, 1.54) is 0 Å². The van der Waals surface area contributed by atoms with Crippen LogP contribution in [-0.2, 0) is 4.79 Å². The number of anilines is 1. The van der Waals surface area contributed by atoms with Crippen molar-refractivity contribution in [3.63, 3.8) is 0 Å². The van der Waals surface area contributed by atoms with Gasteiger partial charge in [0.15, 0.2) is 0 Å². The van der Waals surface area contributed by atoms with Crippen LogP contribution in [0.15, 0.2) is 12.1 Å². The number of hydrogen-bond donors (Lipinski definition) is 2. The van der Waals surface area contributed by atoms with Crippen LogP contribution in [0, 0.1) is 12.3 Å². The minimum atomic E-state index is -0.215. The molecule has 1 heterocycles. The fraction of sp³-hybridized carbons (Fsp3) is 0.533. The Morgan fingerprint density at radius 2 is 2.05 bits per heavy atom. The minimum absolute atomic E-state index is 0.0588. The third kappa shape index (κ3) is 3.27. The molecule has 1 unspecified atom stereocenters. The van der Waals surface area contributed by atoms with E-state index in [4.69, 9.17) is 23.2 Å². The highest BCUT2D eigenvalue weighted by molar-refractivity contribution is 6.36. The van der Waals surface area contributed by atoms with Crippen molar-refractivity contribution in [3.05, 3.63) is 27.7 Å². The number of hydrogen-bond acceptors (Lipinski definition) is 2. The molecule has 1 fully saturated rings. The third-order valence-corrected chi connectivity index (χ3v) is 4.62. The van der Waals surface area contributed by atoms with Gasteiger partial charge in [-0.3, -0.25) is 4.79 Å². The van der Waals surface area contributed by atoms with Crippen molar-refractivity contribution in [3.8, 4) is 0 Å². The summed E-state index contributed by atoms with van der Waals surface area (Å²) in [6, 6.07) is 3.25. The molecule has 2 N–H and O–H groups in total. The fourth-order valence-corrected chi connectivity index (χ4v) is 3.03. The average Bonchev–Trinajstić information content (AvgIpc) is 2.35. The first-order chi connectivity index (χ1) is 9.31. The largest absolute Gasteiger partial charge is 0.323 e. The normalized spacial score (nSPS) is 21.6. The summed E-state index contributed by atoms with van der Waals surface area (Å²) in [6.07, 6.45) is 2.12. The first-order valence-corrected chi connectivity index (χ1v) is 7.57. The Balaban J connectivity index is 2.17. The predicted octanol–water partition coefficient (Wildman–Crippen LogP) is 4.02. The van der Waals surface area contributed by atoms with Gasteiger partial charge in [0.25, 0.3) is 0 Å². The van der Waals surface area contributed by atoms with E-state index in [1.54, 1.807) is 12.1 Å². The molecule has 20 heavy (non-hydrogen) atoms. The minimum Gasteiger partial charge on any atom is -0.323 e. The van der Waals surface area contributed by atoms with Gasteiger partial charge in [0.05, 0.1) is 16.8 Å². The molecule has 0 radical (unpaired) electrons. The summed E-state index contributed by atoms with van der Waals surface area (Å²) in [4.78, 5) is 12.5. The summed E-state index contributed by atoms with van der Waals surface area (Å²) < 4.78 is 0. The summed E-state index contributed by atoms with van der Waals surface area (Å²) in [5.74, 6) is -0.0588. The monoisotopic (exact) mass is 314 g/mol. The molecule has 1 aromatic carbocycles. The molecule has 5 heteroatoms. The van der Waals surface area contributed by atoms with E-state index in [1.807, 2.05) is 6.92 Å². The first kappa shape index (κ1) is 15.6. The number of carbonyl (C=O) groups is 1. The zero-order valence-corrected chi connectivity index (χ0v) is 13.5. The lowest BCUT2D eigenvalue weighted by atomic mass is 9.77. The Bertz CT molecular complexity index is 529. The molecular formula is C15H20Cl2N2O. The van der Waals surface area contributed by atoms with Crippen LogP contribution in [0.25, 0.3) is 0 Å². The molecular weight excluding hydrogens is 295 g/mol. The second kappa shape index (κ2) is 5.92. The second-order valence-corrected chi connectivity index (χ2v) is 6.86. The number of carbonyl (C=O) groups excluding carboxylic acids is 1. The Morgan fingerprint density at radius 1 is 1.35 bits per heavy atom. The van der Waals surface area contributed by atoms with Gasteiger partial charge in [-0.1, -0.05) is 37.0 Å². The number of piperidine rings is 1. The summed E-state index contributed by atoms with van der Waals surface area (Å²) >= 11 is 12.2. The third-order valence-electron chi connectivity index (χ3n) is 3.90. The quantitative estimate of drug-likeness (QED) is 0.865. The highest BCUT2D eigenvalue weighted by Crippen LogP contribution is 2.33. The topological polar surface area (TPSA) is 41.1 Å². The van der Waals surface area contributed by atoms with Crippen LogP contribution in [0.5, 0.6) is 0 Å². The molecule has 0 aromatic heterocycles. The van der Waals surface area contributed by atoms with Crippen molar-refractivity contribution in [2.45, 2.75) is 39.7 Å². The molecule has 1 saturated heterocycles. The molecule has 2 rings (SSSR count). The van der Waals surface area contributed by atoms with Crippen LogP contribution < -0.4 is 10.6 Å². The van der Waals surface area contributed by atoms with Gasteiger partial charge in [0.2, 0.25) is 5.91 Å². The van der Waals surface area contributed by atoms with Gasteiger partial charge in [-0.05, 0) is 49.4 Å². The number of nitrogens with one attached hydrogen (secondary N) is 2. The maximum absolute atomic E-state index is 12.5. The molecule has 0 bridgehead atoms.